The third kappa shape index (κ3) is 2.53. The number of thiazole rings is 1. The Morgan fingerprint density at radius 1 is 1.35 bits per heavy atom. The smallest absolute Gasteiger partial charge is 0.149 e. The molecule has 0 aliphatic rings. The van der Waals surface area contributed by atoms with Gasteiger partial charge in [0.05, 0.1) is 0 Å². The van der Waals surface area contributed by atoms with Gasteiger partial charge in [-0.25, -0.2) is 4.98 Å². The third-order valence-corrected chi connectivity index (χ3v) is 4.55. The van der Waals surface area contributed by atoms with Gasteiger partial charge in [0.2, 0.25) is 0 Å². The maximum Gasteiger partial charge on any atom is 0.149 e. The maximum absolute atomic E-state index is 5.78. The highest BCUT2D eigenvalue weighted by atomic mass is 79.9. The molecule has 1 heterocycles. The predicted octanol–water partition coefficient (Wildman–Crippen LogP) is 4.59. The molecule has 0 saturated heterocycles. The zero-order valence-corrected chi connectivity index (χ0v) is 12.5. The second-order valence-corrected chi connectivity index (χ2v) is 6.72. The van der Waals surface area contributed by atoms with E-state index in [1.165, 1.54) is 16.7 Å². The Bertz CT molecular complexity index is 527. The lowest BCUT2D eigenvalue weighted by Gasteiger charge is -2.09. The van der Waals surface area contributed by atoms with Crippen molar-refractivity contribution in [2.45, 2.75) is 26.7 Å². The van der Waals surface area contributed by atoms with Crippen molar-refractivity contribution in [1.29, 1.82) is 0 Å². The summed E-state index contributed by atoms with van der Waals surface area (Å²) in [6.45, 7) is 6.49. The first kappa shape index (κ1) is 12.6. The minimum atomic E-state index is 0.523. The van der Waals surface area contributed by atoms with E-state index in [-0.39, 0.29) is 0 Å². The molecule has 2 N–H and O–H groups in total. The van der Waals surface area contributed by atoms with Crippen LogP contribution in [0.4, 0.5) is 5.82 Å². The predicted molar refractivity (Wildman–Crippen MR) is 78.5 cm³/mol. The molecule has 1 aromatic heterocycles. The lowest BCUT2D eigenvalue weighted by Crippen LogP contribution is -1.91. The fraction of sp³-hybridized carbons (Fsp3) is 0.308. The SMILES string of the molecule is Cc1ccc(C(C)C)cc1-c1nc(N)c(Br)s1. The van der Waals surface area contributed by atoms with Gasteiger partial charge < -0.3 is 5.73 Å². The van der Waals surface area contributed by atoms with Crippen molar-refractivity contribution >= 4 is 33.1 Å². The standard InChI is InChI=1S/C13H15BrN2S/c1-7(2)9-5-4-8(3)10(6-9)13-16-12(15)11(14)17-13/h4-7H,15H2,1-3H3. The Labute approximate surface area is 114 Å². The molecule has 0 unspecified atom stereocenters. The van der Waals surface area contributed by atoms with Crippen molar-refractivity contribution in [1.82, 2.24) is 4.98 Å². The Balaban J connectivity index is 2.54. The second kappa shape index (κ2) is 4.78. The van der Waals surface area contributed by atoms with E-state index in [0.717, 1.165) is 8.79 Å². The third-order valence-electron chi connectivity index (χ3n) is 2.77. The van der Waals surface area contributed by atoms with Gasteiger partial charge >= 0.3 is 0 Å². The maximum atomic E-state index is 5.78. The summed E-state index contributed by atoms with van der Waals surface area (Å²) in [5, 5.41) is 0.981. The number of aryl methyl sites for hydroxylation is 1. The quantitative estimate of drug-likeness (QED) is 0.881. The normalized spacial score (nSPS) is 11.1. The molecular formula is C13H15BrN2S. The average Bonchev–Trinajstić information content (AvgIpc) is 2.59. The Kier molecular flexibility index (Phi) is 3.54. The molecule has 4 heteroatoms. The lowest BCUT2D eigenvalue weighted by molar-refractivity contribution is 0.866. The highest BCUT2D eigenvalue weighted by Crippen LogP contribution is 2.36. The largest absolute Gasteiger partial charge is 0.382 e. The average molecular weight is 311 g/mol. The highest BCUT2D eigenvalue weighted by Gasteiger charge is 2.11. The summed E-state index contributed by atoms with van der Waals surface area (Å²) in [7, 11) is 0. The minimum Gasteiger partial charge on any atom is -0.382 e. The molecule has 0 amide bonds. The molecule has 2 rings (SSSR count). The number of nitrogens with zero attached hydrogens (tertiary/aromatic N) is 1. The van der Waals surface area contributed by atoms with Crippen molar-refractivity contribution in [3.8, 4) is 10.6 Å². The number of hydrogen-bond acceptors (Lipinski definition) is 3. The van der Waals surface area contributed by atoms with Crippen LogP contribution in [0.15, 0.2) is 22.0 Å². The number of hydrogen-bond donors (Lipinski definition) is 1. The van der Waals surface area contributed by atoms with E-state index in [0.29, 0.717) is 11.7 Å². The van der Waals surface area contributed by atoms with Gasteiger partial charge in [-0.2, -0.15) is 0 Å². The zero-order chi connectivity index (χ0) is 12.6. The fourth-order valence-electron chi connectivity index (χ4n) is 1.66. The van der Waals surface area contributed by atoms with E-state index in [1.54, 1.807) is 11.3 Å². The van der Waals surface area contributed by atoms with Gasteiger partial charge in [-0.3, -0.25) is 0 Å². The van der Waals surface area contributed by atoms with Gasteiger partial charge in [-0.1, -0.05) is 26.0 Å². The first-order chi connectivity index (χ1) is 7.99. The first-order valence-corrected chi connectivity index (χ1v) is 7.12. The van der Waals surface area contributed by atoms with Crippen LogP contribution < -0.4 is 5.73 Å². The topological polar surface area (TPSA) is 38.9 Å². The van der Waals surface area contributed by atoms with Crippen molar-refractivity contribution in [2.75, 3.05) is 5.73 Å². The number of nitrogen functional groups attached to an aromatic ring is 1. The van der Waals surface area contributed by atoms with E-state index >= 15 is 0 Å². The van der Waals surface area contributed by atoms with Gasteiger partial charge in [0.15, 0.2) is 0 Å². The molecule has 2 nitrogen and oxygen atoms in total. The van der Waals surface area contributed by atoms with Gasteiger partial charge in [-0.05, 0) is 46.0 Å². The van der Waals surface area contributed by atoms with Crippen LogP contribution in [0, 0.1) is 6.92 Å². The van der Waals surface area contributed by atoms with Crippen LogP contribution >= 0.6 is 27.3 Å². The van der Waals surface area contributed by atoms with Gasteiger partial charge in [0.1, 0.15) is 14.6 Å². The van der Waals surface area contributed by atoms with Crippen molar-refractivity contribution in [2.24, 2.45) is 0 Å². The van der Waals surface area contributed by atoms with Gasteiger partial charge in [-0.15, -0.1) is 11.3 Å². The van der Waals surface area contributed by atoms with Crippen LogP contribution in [-0.2, 0) is 0 Å². The number of aromatic nitrogens is 1. The summed E-state index contributed by atoms with van der Waals surface area (Å²) >= 11 is 5.00. The summed E-state index contributed by atoms with van der Waals surface area (Å²) in [5.74, 6) is 1.09. The highest BCUT2D eigenvalue weighted by molar-refractivity contribution is 9.11. The molecule has 17 heavy (non-hydrogen) atoms. The molecular weight excluding hydrogens is 296 g/mol. The molecule has 1 aromatic carbocycles. The van der Waals surface area contributed by atoms with E-state index < -0.39 is 0 Å². The zero-order valence-electron chi connectivity index (χ0n) is 10.1. The second-order valence-electron chi connectivity index (χ2n) is 4.41. The monoisotopic (exact) mass is 310 g/mol. The summed E-state index contributed by atoms with van der Waals surface area (Å²) in [6.07, 6.45) is 0. The molecule has 0 saturated carbocycles. The number of anilines is 1. The van der Waals surface area contributed by atoms with Crippen LogP contribution in [0.25, 0.3) is 10.6 Å². The Morgan fingerprint density at radius 2 is 2.06 bits per heavy atom. The summed E-state index contributed by atoms with van der Waals surface area (Å²) < 4.78 is 0.904. The van der Waals surface area contributed by atoms with Crippen LogP contribution in [0.3, 0.4) is 0 Å². The summed E-state index contributed by atoms with van der Waals surface area (Å²) in [6, 6.07) is 6.54. The van der Waals surface area contributed by atoms with E-state index in [2.05, 4.69) is 59.9 Å². The Hall–Kier alpha value is -0.870. The van der Waals surface area contributed by atoms with E-state index in [9.17, 15) is 0 Å². The molecule has 0 radical (unpaired) electrons. The number of nitrogens with two attached hydrogens (primary N) is 1. The van der Waals surface area contributed by atoms with E-state index in [1.807, 2.05) is 0 Å². The molecule has 0 aliphatic heterocycles. The molecule has 0 aliphatic carbocycles. The molecule has 0 atom stereocenters. The van der Waals surface area contributed by atoms with Crippen LogP contribution in [-0.4, -0.2) is 4.98 Å². The fourth-order valence-corrected chi connectivity index (χ4v) is 3.00. The molecule has 0 fully saturated rings. The van der Waals surface area contributed by atoms with Crippen LogP contribution in [0.5, 0.6) is 0 Å². The molecule has 0 spiro atoms. The lowest BCUT2D eigenvalue weighted by atomic mass is 9.98. The summed E-state index contributed by atoms with van der Waals surface area (Å²) in [4.78, 5) is 4.39. The van der Waals surface area contributed by atoms with Crippen molar-refractivity contribution < 1.29 is 0 Å². The number of rotatable bonds is 2. The summed E-state index contributed by atoms with van der Waals surface area (Å²) in [5.41, 5.74) is 9.52. The van der Waals surface area contributed by atoms with Crippen LogP contribution in [0.1, 0.15) is 30.9 Å². The molecule has 0 bridgehead atoms. The number of benzene rings is 1. The van der Waals surface area contributed by atoms with E-state index in [4.69, 9.17) is 5.73 Å². The Morgan fingerprint density at radius 3 is 2.59 bits per heavy atom. The molecule has 90 valence electrons. The van der Waals surface area contributed by atoms with Crippen molar-refractivity contribution in [3.05, 3.63) is 33.1 Å². The van der Waals surface area contributed by atoms with Crippen LogP contribution in [0.2, 0.25) is 0 Å². The van der Waals surface area contributed by atoms with Gasteiger partial charge in [0, 0.05) is 5.56 Å². The number of halogens is 1. The first-order valence-electron chi connectivity index (χ1n) is 5.51. The molecule has 2 aromatic rings. The van der Waals surface area contributed by atoms with Crippen molar-refractivity contribution in [3.63, 3.8) is 0 Å². The minimum absolute atomic E-state index is 0.523. The van der Waals surface area contributed by atoms with Gasteiger partial charge in [0.25, 0.3) is 0 Å².